The lowest BCUT2D eigenvalue weighted by Crippen LogP contribution is -2.56. The fourth-order valence-electron chi connectivity index (χ4n) is 12.6. The monoisotopic (exact) mass is 1020 g/mol. The quantitative estimate of drug-likeness (QED) is 0.187. The lowest BCUT2D eigenvalue weighted by atomic mass is 9.69. The van der Waals surface area contributed by atoms with Crippen LogP contribution in [0.3, 0.4) is 0 Å². The smallest absolute Gasteiger partial charge is 0.338 e. The molecule has 2 aromatic rings. The van der Waals surface area contributed by atoms with Crippen LogP contribution in [0.5, 0.6) is 0 Å². The van der Waals surface area contributed by atoms with Gasteiger partial charge in [0.2, 0.25) is 5.91 Å². The molecule has 0 radical (unpaired) electrons. The molecule has 2 amide bonds. The maximum Gasteiger partial charge on any atom is 0.338 e. The molecular formula is C64H98N4O6. The molecule has 410 valence electrons. The molecule has 10 heteroatoms. The molecule has 74 heavy (non-hydrogen) atoms. The summed E-state index contributed by atoms with van der Waals surface area (Å²) in [5.41, 5.74) is 4.32. The van der Waals surface area contributed by atoms with E-state index in [0.717, 1.165) is 120 Å². The molecule has 2 spiro atoms. The van der Waals surface area contributed by atoms with Crippen LogP contribution in [0.25, 0.3) is 0 Å². The van der Waals surface area contributed by atoms with Crippen LogP contribution in [0.1, 0.15) is 257 Å². The first-order chi connectivity index (χ1) is 34.4. The average molecular weight is 1020 g/mol. The third-order valence-electron chi connectivity index (χ3n) is 17.4. The number of aliphatic imine (C=N–C) groups is 1. The van der Waals surface area contributed by atoms with Crippen molar-refractivity contribution in [1.29, 1.82) is 0 Å². The molecule has 2 aliphatic heterocycles. The Balaban J connectivity index is 0.000000216. The van der Waals surface area contributed by atoms with Gasteiger partial charge in [-0.15, -0.1) is 0 Å². The lowest BCUT2D eigenvalue weighted by molar-refractivity contribution is -0.138. The van der Waals surface area contributed by atoms with Gasteiger partial charge in [-0.25, -0.2) is 9.59 Å². The van der Waals surface area contributed by atoms with Gasteiger partial charge < -0.3 is 19.3 Å². The predicted molar refractivity (Wildman–Crippen MR) is 299 cm³/mol. The molecule has 0 aromatic heterocycles. The highest BCUT2D eigenvalue weighted by Crippen LogP contribution is 2.53. The number of amides is 2. The number of ether oxygens (including phenoxy) is 2. The van der Waals surface area contributed by atoms with Crippen LogP contribution < -0.4 is 5.32 Å². The highest BCUT2D eigenvalue weighted by Gasteiger charge is 2.58. The molecule has 10 nitrogen and oxygen atoms in total. The summed E-state index contributed by atoms with van der Waals surface area (Å²) in [5.74, 6) is 1.99. The van der Waals surface area contributed by atoms with Crippen LogP contribution >= 0.6 is 0 Å². The number of nitrogens with zero attached hydrogens (tertiary/aromatic N) is 3. The topological polar surface area (TPSA) is 118 Å². The second-order valence-electron chi connectivity index (χ2n) is 28.8. The van der Waals surface area contributed by atoms with E-state index >= 15 is 0 Å². The molecule has 6 aliphatic rings. The van der Waals surface area contributed by atoms with E-state index in [-0.39, 0.29) is 75.5 Å². The number of carbonyl (C=O) groups excluding carboxylic acids is 4. The average Bonchev–Trinajstić information content (AvgIpc) is 4.25. The molecule has 5 fully saturated rings. The molecule has 0 bridgehead atoms. The first-order valence-corrected chi connectivity index (χ1v) is 29.1. The Bertz CT molecular complexity index is 2210. The summed E-state index contributed by atoms with van der Waals surface area (Å²) in [6, 6.07) is 15.5. The van der Waals surface area contributed by atoms with Crippen molar-refractivity contribution in [2.24, 2.45) is 50.3 Å². The van der Waals surface area contributed by atoms with Crippen molar-refractivity contribution in [3.63, 3.8) is 0 Å². The summed E-state index contributed by atoms with van der Waals surface area (Å²) >= 11 is 0. The zero-order valence-electron chi connectivity index (χ0n) is 48.9. The molecule has 2 aromatic carbocycles. The Morgan fingerprint density at radius 1 is 0.595 bits per heavy atom. The molecule has 1 saturated heterocycles. The highest BCUT2D eigenvalue weighted by molar-refractivity contribution is 6.41. The van der Waals surface area contributed by atoms with Gasteiger partial charge >= 0.3 is 11.9 Å². The SMILES string of the molecule is CC(C)OC(=O)c1ccc([C@@H](CCC(C)(C)C)N2C(=O)C(C3CC3)=NC23CCC(C(C)(C)C)CC3)cc1.CC(C)OC(=O)c1ccc([C@@H](CCC(C)(C)C)N2C(=O)[C@H](C3CC3)NC23CCC(C(C)(C)C)CC3)cc1. The maximum absolute atomic E-state index is 14.2. The van der Waals surface area contributed by atoms with Gasteiger partial charge in [0.15, 0.2) is 0 Å². The second kappa shape index (κ2) is 22.1. The third-order valence-corrected chi connectivity index (χ3v) is 17.4. The van der Waals surface area contributed by atoms with E-state index in [2.05, 4.69) is 110 Å². The van der Waals surface area contributed by atoms with Crippen molar-refractivity contribution < 1.29 is 28.7 Å². The Labute approximate surface area is 447 Å². The molecule has 8 rings (SSSR count). The van der Waals surface area contributed by atoms with Crippen LogP contribution in [-0.2, 0) is 19.1 Å². The van der Waals surface area contributed by atoms with Gasteiger partial charge in [-0.1, -0.05) is 107 Å². The minimum absolute atomic E-state index is 0.00988. The summed E-state index contributed by atoms with van der Waals surface area (Å²) in [5, 5.41) is 3.94. The number of nitrogens with one attached hydrogen (secondary N) is 1. The molecule has 4 saturated carbocycles. The van der Waals surface area contributed by atoms with Gasteiger partial charge in [-0.3, -0.25) is 19.9 Å². The molecule has 4 aliphatic carbocycles. The van der Waals surface area contributed by atoms with E-state index in [1.54, 1.807) is 0 Å². The largest absolute Gasteiger partial charge is 0.459 e. The van der Waals surface area contributed by atoms with Gasteiger partial charge in [-0.2, -0.15) is 0 Å². The Hall–Kier alpha value is -4.05. The van der Waals surface area contributed by atoms with E-state index < -0.39 is 5.66 Å². The summed E-state index contributed by atoms with van der Waals surface area (Å²) < 4.78 is 10.8. The predicted octanol–water partition coefficient (Wildman–Crippen LogP) is 15.0. The Morgan fingerprint density at radius 3 is 1.36 bits per heavy atom. The molecule has 0 unspecified atom stereocenters. The van der Waals surface area contributed by atoms with Crippen LogP contribution in [0.4, 0.5) is 0 Å². The van der Waals surface area contributed by atoms with Crippen LogP contribution in [0, 0.1) is 45.3 Å². The van der Waals surface area contributed by atoms with Crippen molar-refractivity contribution in [3.05, 3.63) is 70.8 Å². The molecule has 2 heterocycles. The van der Waals surface area contributed by atoms with Crippen LogP contribution in [0.15, 0.2) is 53.5 Å². The van der Waals surface area contributed by atoms with E-state index in [4.69, 9.17) is 14.5 Å². The summed E-state index contributed by atoms with van der Waals surface area (Å²) in [4.78, 5) is 63.0. The Morgan fingerprint density at radius 2 is 1.00 bits per heavy atom. The van der Waals surface area contributed by atoms with Crippen molar-refractivity contribution in [1.82, 2.24) is 15.1 Å². The minimum Gasteiger partial charge on any atom is -0.459 e. The number of hydrogen-bond donors (Lipinski definition) is 1. The van der Waals surface area contributed by atoms with Crippen molar-refractivity contribution in [2.75, 3.05) is 0 Å². The fraction of sp³-hybridized carbons (Fsp3) is 0.734. The van der Waals surface area contributed by atoms with Crippen molar-refractivity contribution >= 4 is 29.5 Å². The molecular weight excluding hydrogens is 921 g/mol. The number of carbonyl (C=O) groups is 4. The summed E-state index contributed by atoms with van der Waals surface area (Å²) in [7, 11) is 0. The number of esters is 2. The fourth-order valence-corrected chi connectivity index (χ4v) is 12.6. The van der Waals surface area contributed by atoms with Gasteiger partial charge in [0, 0.05) is 5.92 Å². The lowest BCUT2D eigenvalue weighted by Gasteiger charge is -2.49. The zero-order valence-corrected chi connectivity index (χ0v) is 48.9. The normalized spacial score (nSPS) is 26.6. The maximum atomic E-state index is 14.2. The summed E-state index contributed by atoms with van der Waals surface area (Å²) in [6.07, 6.45) is 16.3. The third kappa shape index (κ3) is 13.9. The van der Waals surface area contributed by atoms with Crippen LogP contribution in [0.2, 0.25) is 0 Å². The first kappa shape index (κ1) is 57.7. The van der Waals surface area contributed by atoms with Crippen molar-refractivity contribution in [2.45, 2.75) is 255 Å². The van der Waals surface area contributed by atoms with E-state index in [9.17, 15) is 19.2 Å². The van der Waals surface area contributed by atoms with Crippen LogP contribution in [-0.4, -0.2) is 68.8 Å². The first-order valence-electron chi connectivity index (χ1n) is 29.1. The second-order valence-corrected chi connectivity index (χ2v) is 28.8. The van der Waals surface area contributed by atoms with Gasteiger partial charge in [-0.05, 0) is 205 Å². The minimum atomic E-state index is -0.436. The molecule has 3 atom stereocenters. The Kier molecular flexibility index (Phi) is 17.2. The number of benzene rings is 2. The standard InChI is InChI=1S/C32H50N2O3.C32H48N2O3/c2*1-21(2)37-29(36)24-13-9-22(10-14-24)26(17-18-30(3,4)5)34-28(35)27(23-11-12-23)33-32(34)19-15-25(16-20-32)31(6,7)8/h9-10,13-14,21,23,25-27,33H,11-12,15-20H2,1-8H3;9-10,13-14,21,23,25-26H,11-12,15-20H2,1-8H3/t25?,26-,27+,32?;25?,26-,32?/m11/s1. The van der Waals surface area contributed by atoms with E-state index in [1.807, 2.05) is 64.1 Å². The van der Waals surface area contributed by atoms with Gasteiger partial charge in [0.05, 0.1) is 47.1 Å². The highest BCUT2D eigenvalue weighted by atomic mass is 16.5. The van der Waals surface area contributed by atoms with E-state index in [1.165, 1.54) is 0 Å². The van der Waals surface area contributed by atoms with Gasteiger partial charge in [0.1, 0.15) is 11.4 Å². The number of rotatable bonds is 14. The van der Waals surface area contributed by atoms with E-state index in [0.29, 0.717) is 40.7 Å². The molecule has 1 N–H and O–H groups in total. The number of hydrogen-bond acceptors (Lipinski definition) is 8. The van der Waals surface area contributed by atoms with Crippen molar-refractivity contribution in [3.8, 4) is 0 Å². The summed E-state index contributed by atoms with van der Waals surface area (Å²) in [6.45, 7) is 35.1. The zero-order chi connectivity index (χ0) is 54.3. The van der Waals surface area contributed by atoms with Gasteiger partial charge in [0.25, 0.3) is 5.91 Å².